The number of benzene rings is 3. The van der Waals surface area contributed by atoms with Crippen molar-refractivity contribution in [3.8, 4) is 11.3 Å². The summed E-state index contributed by atoms with van der Waals surface area (Å²) in [5.41, 5.74) is 5.58. The third kappa shape index (κ3) is 4.20. The number of rotatable bonds is 6. The highest BCUT2D eigenvalue weighted by molar-refractivity contribution is 5.94. The second kappa shape index (κ2) is 8.77. The summed E-state index contributed by atoms with van der Waals surface area (Å²) in [6.45, 7) is 7.67. The Balaban J connectivity index is 1.47. The van der Waals surface area contributed by atoms with Gasteiger partial charge in [0.2, 0.25) is 5.91 Å². The van der Waals surface area contributed by atoms with Gasteiger partial charge in [0.1, 0.15) is 12.1 Å². The first-order valence-corrected chi connectivity index (χ1v) is 10.3. The Kier molecular flexibility index (Phi) is 5.35. The van der Waals surface area contributed by atoms with Crippen molar-refractivity contribution in [3.63, 3.8) is 0 Å². The third-order valence-corrected chi connectivity index (χ3v) is 5.37. The van der Waals surface area contributed by atoms with Crippen molar-refractivity contribution in [2.75, 3.05) is 4.90 Å². The Morgan fingerprint density at radius 2 is 1.91 bits per heavy atom. The molecule has 1 amide bonds. The molecule has 8 nitrogen and oxygen atoms in total. The van der Waals surface area contributed by atoms with Gasteiger partial charge in [-0.25, -0.2) is 14.5 Å². The van der Waals surface area contributed by atoms with Gasteiger partial charge in [-0.15, -0.1) is 5.10 Å². The van der Waals surface area contributed by atoms with Crippen LogP contribution in [0, 0.1) is 6.57 Å². The number of anilines is 1. The molecule has 160 valence electrons. The van der Waals surface area contributed by atoms with E-state index in [0.29, 0.717) is 12.2 Å². The number of aromatic amines is 1. The van der Waals surface area contributed by atoms with E-state index in [4.69, 9.17) is 6.57 Å². The number of carbonyl (C=O) groups is 1. The molecule has 0 fully saturated rings. The second-order valence-corrected chi connectivity index (χ2v) is 7.51. The number of imidazole rings is 1. The number of hydrogen-bond acceptors (Lipinski definition) is 4. The lowest BCUT2D eigenvalue weighted by Gasteiger charge is -2.23. The first-order valence-electron chi connectivity index (χ1n) is 10.3. The van der Waals surface area contributed by atoms with E-state index in [1.807, 2.05) is 60.7 Å². The summed E-state index contributed by atoms with van der Waals surface area (Å²) < 4.78 is 1.61. The van der Waals surface area contributed by atoms with E-state index >= 15 is 0 Å². The minimum Gasteiger partial charge on any atom is -0.345 e. The lowest BCUT2D eigenvalue weighted by atomic mass is 10.1. The Labute approximate surface area is 189 Å². The molecule has 0 atom stereocenters. The highest BCUT2D eigenvalue weighted by Crippen LogP contribution is 2.25. The van der Waals surface area contributed by atoms with Gasteiger partial charge in [0.15, 0.2) is 5.69 Å². The standard InChI is InChI=1S/C25H19N7O/c1-26-20-6-4-5-18(13-20)15-31(21-11-9-19(10-12-21)23-14-27-17-28-23)25(33)16-32-24-8-3-2-7-22(24)29-30-32/h2-14,17H,15-16H2,(H,27,28). The topological polar surface area (TPSA) is 84.1 Å². The summed E-state index contributed by atoms with van der Waals surface area (Å²) in [7, 11) is 0. The second-order valence-electron chi connectivity index (χ2n) is 7.51. The van der Waals surface area contributed by atoms with Crippen molar-refractivity contribution >= 4 is 28.3 Å². The van der Waals surface area contributed by atoms with E-state index in [1.165, 1.54) is 0 Å². The van der Waals surface area contributed by atoms with Crippen molar-refractivity contribution in [2.24, 2.45) is 0 Å². The van der Waals surface area contributed by atoms with Gasteiger partial charge in [0.05, 0.1) is 30.3 Å². The van der Waals surface area contributed by atoms with Gasteiger partial charge in [0.25, 0.3) is 0 Å². The first-order chi connectivity index (χ1) is 16.2. The molecule has 5 aromatic rings. The third-order valence-electron chi connectivity index (χ3n) is 5.37. The van der Waals surface area contributed by atoms with Gasteiger partial charge < -0.3 is 9.88 Å². The SMILES string of the molecule is [C-]#[N+]c1cccc(CN(C(=O)Cn2nnc3ccccc32)c2ccc(-c3cnc[nH]3)cc2)c1. The maximum Gasteiger partial charge on any atom is 0.249 e. The number of aromatic nitrogens is 5. The summed E-state index contributed by atoms with van der Waals surface area (Å²) in [5, 5.41) is 8.31. The van der Waals surface area contributed by atoms with Crippen LogP contribution in [0.2, 0.25) is 0 Å². The monoisotopic (exact) mass is 433 g/mol. The molecule has 0 aliphatic heterocycles. The smallest absolute Gasteiger partial charge is 0.249 e. The zero-order valence-electron chi connectivity index (χ0n) is 17.6. The predicted molar refractivity (Wildman–Crippen MR) is 125 cm³/mol. The normalized spacial score (nSPS) is 10.8. The molecular weight excluding hydrogens is 414 g/mol. The number of amides is 1. The van der Waals surface area contributed by atoms with E-state index in [1.54, 1.807) is 34.2 Å². The van der Waals surface area contributed by atoms with E-state index in [0.717, 1.165) is 33.5 Å². The number of hydrogen-bond donors (Lipinski definition) is 1. The molecule has 1 N–H and O–H groups in total. The predicted octanol–water partition coefficient (Wildman–Crippen LogP) is 4.61. The quantitative estimate of drug-likeness (QED) is 0.397. The number of fused-ring (bicyclic) bond motifs is 1. The molecule has 8 heteroatoms. The van der Waals surface area contributed by atoms with Gasteiger partial charge in [0, 0.05) is 12.2 Å². The van der Waals surface area contributed by atoms with Crippen LogP contribution in [0.15, 0.2) is 85.3 Å². The molecule has 0 aliphatic carbocycles. The molecule has 0 spiro atoms. The van der Waals surface area contributed by atoms with E-state index in [9.17, 15) is 4.79 Å². The molecule has 0 saturated carbocycles. The molecule has 2 aromatic heterocycles. The van der Waals surface area contributed by atoms with Gasteiger partial charge in [-0.3, -0.25) is 4.79 Å². The maximum atomic E-state index is 13.5. The Morgan fingerprint density at radius 1 is 1.06 bits per heavy atom. The average molecular weight is 433 g/mol. The Hall–Kier alpha value is -4.77. The number of carbonyl (C=O) groups excluding carboxylic acids is 1. The van der Waals surface area contributed by atoms with E-state index in [-0.39, 0.29) is 12.5 Å². The molecule has 5 rings (SSSR count). The minimum absolute atomic E-state index is 0.0469. The first kappa shape index (κ1) is 20.2. The Bertz CT molecular complexity index is 1450. The largest absolute Gasteiger partial charge is 0.345 e. The van der Waals surface area contributed by atoms with Crippen LogP contribution in [0.4, 0.5) is 11.4 Å². The molecule has 0 radical (unpaired) electrons. The molecule has 0 unspecified atom stereocenters. The summed E-state index contributed by atoms with van der Waals surface area (Å²) in [4.78, 5) is 25.8. The maximum absolute atomic E-state index is 13.5. The van der Waals surface area contributed by atoms with Crippen LogP contribution in [0.5, 0.6) is 0 Å². The average Bonchev–Trinajstić information content (AvgIpc) is 3.54. The molecule has 2 heterocycles. The molecular formula is C25H19N7O. The molecule has 0 saturated heterocycles. The minimum atomic E-state index is -0.131. The van der Waals surface area contributed by atoms with Crippen molar-refractivity contribution in [2.45, 2.75) is 13.1 Å². The molecule has 0 aliphatic rings. The fourth-order valence-corrected chi connectivity index (χ4v) is 3.71. The van der Waals surface area contributed by atoms with Gasteiger partial charge in [-0.2, -0.15) is 0 Å². The summed E-state index contributed by atoms with van der Waals surface area (Å²) >= 11 is 0. The van der Waals surface area contributed by atoms with Crippen LogP contribution in [0.25, 0.3) is 27.1 Å². The van der Waals surface area contributed by atoms with Gasteiger partial charge in [-0.1, -0.05) is 53.7 Å². The van der Waals surface area contributed by atoms with Crippen LogP contribution < -0.4 is 4.90 Å². The van der Waals surface area contributed by atoms with Crippen LogP contribution in [-0.2, 0) is 17.9 Å². The number of H-pyrrole nitrogens is 1. The van der Waals surface area contributed by atoms with Crippen molar-refractivity contribution in [1.82, 2.24) is 25.0 Å². The summed E-state index contributed by atoms with van der Waals surface area (Å²) in [6, 6.07) is 22.6. The highest BCUT2D eigenvalue weighted by Gasteiger charge is 2.19. The van der Waals surface area contributed by atoms with Crippen molar-refractivity contribution < 1.29 is 4.79 Å². The summed E-state index contributed by atoms with van der Waals surface area (Å²) in [5.74, 6) is -0.131. The van der Waals surface area contributed by atoms with Crippen LogP contribution in [-0.4, -0.2) is 30.9 Å². The highest BCUT2D eigenvalue weighted by atomic mass is 16.2. The Morgan fingerprint density at radius 3 is 2.70 bits per heavy atom. The number of para-hydroxylation sites is 1. The van der Waals surface area contributed by atoms with Crippen molar-refractivity contribution in [1.29, 1.82) is 0 Å². The molecule has 3 aromatic carbocycles. The van der Waals surface area contributed by atoms with Crippen LogP contribution in [0.3, 0.4) is 0 Å². The van der Waals surface area contributed by atoms with Crippen LogP contribution in [0.1, 0.15) is 5.56 Å². The molecule has 33 heavy (non-hydrogen) atoms. The zero-order valence-corrected chi connectivity index (χ0v) is 17.6. The van der Waals surface area contributed by atoms with E-state index in [2.05, 4.69) is 25.1 Å². The lowest BCUT2D eigenvalue weighted by molar-refractivity contribution is -0.119. The van der Waals surface area contributed by atoms with Crippen molar-refractivity contribution in [3.05, 3.63) is 102 Å². The lowest BCUT2D eigenvalue weighted by Crippen LogP contribution is -2.33. The van der Waals surface area contributed by atoms with Crippen LogP contribution >= 0.6 is 0 Å². The summed E-state index contributed by atoms with van der Waals surface area (Å²) in [6.07, 6.45) is 3.38. The number of nitrogens with one attached hydrogen (secondary N) is 1. The van der Waals surface area contributed by atoms with Gasteiger partial charge in [-0.05, 0) is 35.4 Å². The fraction of sp³-hybridized carbons (Fsp3) is 0.0800. The zero-order chi connectivity index (χ0) is 22.6. The fourth-order valence-electron chi connectivity index (χ4n) is 3.71. The number of nitrogens with zero attached hydrogens (tertiary/aromatic N) is 6. The van der Waals surface area contributed by atoms with E-state index < -0.39 is 0 Å². The molecule has 0 bridgehead atoms. The van der Waals surface area contributed by atoms with Gasteiger partial charge >= 0.3 is 0 Å².